The van der Waals surface area contributed by atoms with E-state index in [1.165, 1.54) is 10.5 Å². The van der Waals surface area contributed by atoms with E-state index in [4.69, 9.17) is 14.1 Å². The molecule has 7 nitrogen and oxygen atoms in total. The molecule has 1 aromatic carbocycles. The van der Waals surface area contributed by atoms with E-state index in [9.17, 15) is 14.7 Å². The summed E-state index contributed by atoms with van der Waals surface area (Å²) in [6.07, 6.45) is 3.02. The molecule has 0 aliphatic heterocycles. The van der Waals surface area contributed by atoms with Gasteiger partial charge in [-0.15, -0.1) is 0 Å². The van der Waals surface area contributed by atoms with Crippen LogP contribution in [0, 0.1) is 18.8 Å². The summed E-state index contributed by atoms with van der Waals surface area (Å²) in [6, 6.07) is 7.26. The van der Waals surface area contributed by atoms with Crippen LogP contribution >= 0.6 is 0 Å². The Balaban J connectivity index is 1.67. The molecule has 1 fully saturated rings. The molecule has 0 saturated heterocycles. The van der Waals surface area contributed by atoms with E-state index in [1.54, 1.807) is 7.05 Å². The maximum Gasteiger partial charge on any atom is 0.326 e. The number of nitrogens with zero attached hydrogens (tertiary/aromatic N) is 2. The second-order valence-electron chi connectivity index (χ2n) is 10.1. The molecule has 2 aromatic rings. The van der Waals surface area contributed by atoms with Crippen LogP contribution in [0.25, 0.3) is 11.5 Å². The molecule has 3 rings (SSSR count). The van der Waals surface area contributed by atoms with Crippen molar-refractivity contribution in [2.24, 2.45) is 11.8 Å². The molecule has 1 amide bonds. The number of aryl methyl sites for hydroxylation is 1. The highest BCUT2D eigenvalue weighted by atomic mass is 16.5. The topological polar surface area (TPSA) is 92.9 Å². The molecule has 3 atom stereocenters. The Kier molecular flexibility index (Phi) is 8.52. The van der Waals surface area contributed by atoms with Crippen LogP contribution in [0.5, 0.6) is 0 Å². The first-order chi connectivity index (χ1) is 16.1. The number of carbonyl (C=O) groups excluding carboxylic acids is 1. The van der Waals surface area contributed by atoms with E-state index in [2.05, 4.69) is 13.8 Å². The van der Waals surface area contributed by atoms with Gasteiger partial charge in [-0.1, -0.05) is 51.8 Å². The number of ether oxygens (including phenoxy) is 1. The van der Waals surface area contributed by atoms with Crippen LogP contribution in [0.3, 0.4) is 0 Å². The molecule has 1 aliphatic carbocycles. The molecule has 1 aromatic heterocycles. The van der Waals surface area contributed by atoms with Gasteiger partial charge in [0.15, 0.2) is 0 Å². The number of aliphatic carboxylic acids is 1. The summed E-state index contributed by atoms with van der Waals surface area (Å²) in [5.41, 5.74) is 2.91. The average molecular weight is 471 g/mol. The number of amides is 1. The van der Waals surface area contributed by atoms with E-state index in [0.29, 0.717) is 18.9 Å². The van der Waals surface area contributed by atoms with E-state index < -0.39 is 12.0 Å². The van der Waals surface area contributed by atoms with Gasteiger partial charge in [-0.05, 0) is 44.2 Å². The van der Waals surface area contributed by atoms with Crippen molar-refractivity contribution in [2.45, 2.75) is 85.0 Å². The van der Waals surface area contributed by atoms with Gasteiger partial charge in [0, 0.05) is 24.4 Å². The van der Waals surface area contributed by atoms with Crippen molar-refractivity contribution in [3.8, 4) is 11.5 Å². The lowest BCUT2D eigenvalue weighted by molar-refractivity contribution is -0.153. The fraction of sp³-hybridized carbons (Fsp3) is 0.593. The highest BCUT2D eigenvalue weighted by Gasteiger charge is 2.36. The average Bonchev–Trinajstić information content (AvgIpc) is 3.22. The summed E-state index contributed by atoms with van der Waals surface area (Å²) in [7, 11) is 1.60. The number of carbonyl (C=O) groups is 2. The zero-order chi connectivity index (χ0) is 25.0. The minimum Gasteiger partial charge on any atom is -0.480 e. The van der Waals surface area contributed by atoms with E-state index >= 15 is 0 Å². The molecular weight excluding hydrogens is 432 g/mol. The first-order valence-corrected chi connectivity index (χ1v) is 12.3. The van der Waals surface area contributed by atoms with Gasteiger partial charge >= 0.3 is 5.97 Å². The van der Waals surface area contributed by atoms with Gasteiger partial charge in [-0.2, -0.15) is 0 Å². The van der Waals surface area contributed by atoms with Crippen molar-refractivity contribution in [3.05, 3.63) is 41.3 Å². The van der Waals surface area contributed by atoms with Crippen LogP contribution in [0.15, 0.2) is 28.7 Å². The Morgan fingerprint density at radius 2 is 1.85 bits per heavy atom. The third kappa shape index (κ3) is 6.06. The highest BCUT2D eigenvalue weighted by Crippen LogP contribution is 2.32. The fourth-order valence-electron chi connectivity index (χ4n) is 4.78. The minimum atomic E-state index is -0.967. The Morgan fingerprint density at radius 1 is 1.18 bits per heavy atom. The lowest BCUT2D eigenvalue weighted by atomic mass is 9.85. The van der Waals surface area contributed by atoms with Crippen molar-refractivity contribution in [2.75, 3.05) is 7.05 Å². The summed E-state index contributed by atoms with van der Waals surface area (Å²) in [5.74, 6) is 0.116. The number of carboxylic acid groups (broad SMARTS) is 1. The van der Waals surface area contributed by atoms with Gasteiger partial charge < -0.3 is 19.2 Å². The summed E-state index contributed by atoms with van der Waals surface area (Å²) < 4.78 is 12.3. The molecule has 34 heavy (non-hydrogen) atoms. The number of hydrogen-bond donors (Lipinski definition) is 1. The van der Waals surface area contributed by atoms with Gasteiger partial charge in [-0.3, -0.25) is 4.79 Å². The van der Waals surface area contributed by atoms with Gasteiger partial charge in [0.1, 0.15) is 17.5 Å². The number of likely N-dealkylation sites (N-methyl/N-ethyl adjacent to an activating group) is 1. The maximum absolute atomic E-state index is 13.1. The van der Waals surface area contributed by atoms with Gasteiger partial charge in [0.05, 0.1) is 12.7 Å². The predicted octanol–water partition coefficient (Wildman–Crippen LogP) is 5.42. The van der Waals surface area contributed by atoms with Crippen LogP contribution in [0.1, 0.15) is 76.3 Å². The quantitative estimate of drug-likeness (QED) is 0.526. The third-order valence-corrected chi connectivity index (χ3v) is 6.63. The molecule has 186 valence electrons. The Labute approximate surface area is 202 Å². The summed E-state index contributed by atoms with van der Waals surface area (Å²) in [6.45, 7) is 10.2. The Hall–Kier alpha value is -2.67. The molecule has 2 unspecified atom stereocenters. The smallest absolute Gasteiger partial charge is 0.326 e. The number of rotatable bonds is 9. The van der Waals surface area contributed by atoms with Crippen molar-refractivity contribution in [3.63, 3.8) is 0 Å². The second-order valence-corrected chi connectivity index (χ2v) is 10.1. The molecular formula is C27H38N2O5. The molecule has 0 spiro atoms. The van der Waals surface area contributed by atoms with Crippen molar-refractivity contribution in [1.82, 2.24) is 9.88 Å². The van der Waals surface area contributed by atoms with E-state index in [0.717, 1.165) is 36.3 Å². The lowest BCUT2D eigenvalue weighted by Gasteiger charge is -2.34. The van der Waals surface area contributed by atoms with Crippen LogP contribution in [-0.4, -0.2) is 46.1 Å². The predicted molar refractivity (Wildman–Crippen MR) is 130 cm³/mol. The van der Waals surface area contributed by atoms with E-state index in [1.807, 2.05) is 45.0 Å². The molecule has 0 radical (unpaired) electrons. The lowest BCUT2D eigenvalue weighted by Crippen LogP contribution is -2.48. The molecule has 0 bridgehead atoms. The summed E-state index contributed by atoms with van der Waals surface area (Å²) >= 11 is 0. The molecule has 7 heteroatoms. The van der Waals surface area contributed by atoms with Gasteiger partial charge in [-0.25, -0.2) is 9.78 Å². The van der Waals surface area contributed by atoms with Crippen molar-refractivity contribution in [1.29, 1.82) is 0 Å². The first-order valence-electron chi connectivity index (χ1n) is 12.3. The highest BCUT2D eigenvalue weighted by molar-refractivity contribution is 5.85. The van der Waals surface area contributed by atoms with Crippen LogP contribution in [-0.2, 0) is 20.9 Å². The first kappa shape index (κ1) is 25.9. The second kappa shape index (κ2) is 11.2. The molecule has 1 heterocycles. The largest absolute Gasteiger partial charge is 0.480 e. The maximum atomic E-state index is 13.1. The normalized spacial score (nSPS) is 19.4. The SMILES string of the molecule is Cc1ccc(-c2nc(COC3CCCC(C(=O)N(C)[C@H](C(=O)O)C(C)C)C3)c(C(C)C)o2)cc1. The van der Waals surface area contributed by atoms with Gasteiger partial charge in [0.25, 0.3) is 0 Å². The van der Waals surface area contributed by atoms with Crippen LogP contribution in [0.4, 0.5) is 0 Å². The number of carboxylic acids is 1. The number of oxazole rings is 1. The van der Waals surface area contributed by atoms with Crippen LogP contribution < -0.4 is 0 Å². The fourth-order valence-corrected chi connectivity index (χ4v) is 4.78. The Bertz CT molecular complexity index is 979. The van der Waals surface area contributed by atoms with Gasteiger partial charge in [0.2, 0.25) is 11.8 Å². The number of aromatic nitrogens is 1. The minimum absolute atomic E-state index is 0.0713. The summed E-state index contributed by atoms with van der Waals surface area (Å²) in [4.78, 5) is 30.9. The zero-order valence-corrected chi connectivity index (χ0v) is 21.2. The summed E-state index contributed by atoms with van der Waals surface area (Å²) in [5, 5.41) is 9.56. The zero-order valence-electron chi connectivity index (χ0n) is 21.2. The molecule has 1 N–H and O–H groups in total. The standard InChI is InChI=1S/C27H38N2O5/c1-16(2)23(27(31)32)29(6)26(30)20-8-7-9-21(14-20)33-15-22-24(17(3)4)34-25(28-22)19-12-10-18(5)11-13-19/h10-13,16-17,20-21,23H,7-9,14-15H2,1-6H3,(H,31,32)/t20?,21?,23-/m0/s1. The molecule has 1 saturated carbocycles. The molecule has 1 aliphatic rings. The van der Waals surface area contributed by atoms with Crippen molar-refractivity contribution >= 4 is 11.9 Å². The monoisotopic (exact) mass is 470 g/mol. The third-order valence-electron chi connectivity index (χ3n) is 6.63. The van der Waals surface area contributed by atoms with Crippen LogP contribution in [0.2, 0.25) is 0 Å². The van der Waals surface area contributed by atoms with E-state index in [-0.39, 0.29) is 29.8 Å². The number of benzene rings is 1. The Morgan fingerprint density at radius 3 is 2.44 bits per heavy atom. The van der Waals surface area contributed by atoms with Crippen molar-refractivity contribution < 1.29 is 23.8 Å². The number of hydrogen-bond acceptors (Lipinski definition) is 5.